The van der Waals surface area contributed by atoms with Gasteiger partial charge in [-0.2, -0.15) is 0 Å². The summed E-state index contributed by atoms with van der Waals surface area (Å²) < 4.78 is 0. The number of carbonyl (C=O) groups excluding carboxylic acids is 1. The predicted molar refractivity (Wildman–Crippen MR) is 80.9 cm³/mol. The lowest BCUT2D eigenvalue weighted by atomic mass is 10.1. The molecule has 0 saturated heterocycles. The second-order valence-electron chi connectivity index (χ2n) is 5.32. The quantitative estimate of drug-likeness (QED) is 0.708. The van der Waals surface area contributed by atoms with Crippen LogP contribution in [0, 0.1) is 0 Å². The van der Waals surface area contributed by atoms with E-state index in [-0.39, 0.29) is 24.5 Å². The molecule has 118 valence electrons. The average molecular weight is 286 g/mol. The van der Waals surface area contributed by atoms with Gasteiger partial charge in [-0.05, 0) is 33.6 Å². The number of hydrogen-bond acceptors (Lipinski definition) is 2. The molecule has 5 nitrogen and oxygen atoms in total. The zero-order valence-electron chi connectivity index (χ0n) is 13.6. The van der Waals surface area contributed by atoms with E-state index in [0.29, 0.717) is 6.54 Å². The lowest BCUT2D eigenvalue weighted by Gasteiger charge is -2.36. The van der Waals surface area contributed by atoms with Gasteiger partial charge in [0.05, 0.1) is 6.42 Å². The van der Waals surface area contributed by atoms with E-state index in [4.69, 9.17) is 5.11 Å². The first kappa shape index (κ1) is 18.7. The van der Waals surface area contributed by atoms with Gasteiger partial charge in [0.15, 0.2) is 0 Å². The van der Waals surface area contributed by atoms with Crippen LogP contribution in [-0.4, -0.2) is 52.1 Å². The summed E-state index contributed by atoms with van der Waals surface area (Å²) in [6.07, 6.45) is 2.90. The van der Waals surface area contributed by atoms with Crippen LogP contribution in [0.25, 0.3) is 0 Å². The minimum absolute atomic E-state index is 0.0122. The van der Waals surface area contributed by atoms with Crippen LogP contribution in [0.2, 0.25) is 0 Å². The van der Waals surface area contributed by atoms with Crippen molar-refractivity contribution in [1.82, 2.24) is 9.80 Å². The minimum Gasteiger partial charge on any atom is -0.481 e. The maximum Gasteiger partial charge on any atom is 0.320 e. The lowest BCUT2D eigenvalue weighted by molar-refractivity contribution is -0.138. The number of hydrogen-bond donors (Lipinski definition) is 1. The number of rotatable bonds is 9. The van der Waals surface area contributed by atoms with Gasteiger partial charge in [0, 0.05) is 25.2 Å². The molecule has 0 aromatic carbocycles. The fourth-order valence-corrected chi connectivity index (χ4v) is 2.22. The Bertz CT molecular complexity index is 307. The molecule has 0 radical (unpaired) electrons. The Hall–Kier alpha value is -1.26. The topological polar surface area (TPSA) is 60.9 Å². The predicted octanol–water partition coefficient (Wildman–Crippen LogP) is 3.19. The molecule has 0 fully saturated rings. The average Bonchev–Trinajstić information content (AvgIpc) is 2.38. The number of unbranched alkanes of at least 4 members (excludes halogenated alkanes) is 1. The van der Waals surface area contributed by atoms with E-state index in [1.54, 1.807) is 11.8 Å². The standard InChI is InChI=1S/C15H30N2O3/c1-6-9-10-17(12(4)7-2)15(20)16(8-3)13(5)11-14(18)19/h12-13H,6-11H2,1-5H3,(H,18,19). The zero-order chi connectivity index (χ0) is 15.7. The smallest absolute Gasteiger partial charge is 0.320 e. The second kappa shape index (κ2) is 9.61. The molecule has 0 aliphatic carbocycles. The van der Waals surface area contributed by atoms with Crippen LogP contribution in [0.4, 0.5) is 4.79 Å². The van der Waals surface area contributed by atoms with Gasteiger partial charge in [-0.3, -0.25) is 4.79 Å². The van der Waals surface area contributed by atoms with Crippen molar-refractivity contribution in [3.8, 4) is 0 Å². The molecule has 20 heavy (non-hydrogen) atoms. The van der Waals surface area contributed by atoms with E-state index in [1.807, 2.05) is 18.7 Å². The number of nitrogens with zero attached hydrogens (tertiary/aromatic N) is 2. The van der Waals surface area contributed by atoms with Gasteiger partial charge in [-0.1, -0.05) is 20.3 Å². The molecular weight excluding hydrogens is 256 g/mol. The maximum atomic E-state index is 12.7. The first-order chi connectivity index (χ1) is 9.38. The van der Waals surface area contributed by atoms with Crippen LogP contribution < -0.4 is 0 Å². The third-order valence-electron chi connectivity index (χ3n) is 3.71. The van der Waals surface area contributed by atoms with Crippen molar-refractivity contribution in [3.05, 3.63) is 0 Å². The molecule has 0 aliphatic rings. The van der Waals surface area contributed by atoms with Gasteiger partial charge in [0.2, 0.25) is 0 Å². The van der Waals surface area contributed by atoms with Crippen molar-refractivity contribution in [2.75, 3.05) is 13.1 Å². The number of carboxylic acids is 1. The van der Waals surface area contributed by atoms with Crippen molar-refractivity contribution < 1.29 is 14.7 Å². The van der Waals surface area contributed by atoms with Crippen LogP contribution in [0.15, 0.2) is 0 Å². The summed E-state index contributed by atoms with van der Waals surface area (Å²) in [6, 6.07) is -0.137. The van der Waals surface area contributed by atoms with E-state index < -0.39 is 5.97 Å². The number of carboxylic acid groups (broad SMARTS) is 1. The van der Waals surface area contributed by atoms with Crippen LogP contribution in [0.1, 0.15) is 60.3 Å². The van der Waals surface area contributed by atoms with Gasteiger partial charge in [0.1, 0.15) is 0 Å². The Morgan fingerprint density at radius 1 is 1.05 bits per heavy atom. The fourth-order valence-electron chi connectivity index (χ4n) is 2.22. The summed E-state index contributed by atoms with van der Waals surface area (Å²) in [5, 5.41) is 8.89. The molecule has 2 atom stereocenters. The third-order valence-corrected chi connectivity index (χ3v) is 3.71. The number of urea groups is 1. The molecule has 0 spiro atoms. The first-order valence-corrected chi connectivity index (χ1v) is 7.67. The van der Waals surface area contributed by atoms with Crippen LogP contribution >= 0.6 is 0 Å². The van der Waals surface area contributed by atoms with Crippen molar-refractivity contribution in [1.29, 1.82) is 0 Å². The Labute approximate surface area is 122 Å². The maximum absolute atomic E-state index is 12.7. The summed E-state index contributed by atoms with van der Waals surface area (Å²) in [5.74, 6) is -0.868. The zero-order valence-corrected chi connectivity index (χ0v) is 13.6. The van der Waals surface area contributed by atoms with Crippen molar-refractivity contribution in [2.45, 2.75) is 72.4 Å². The molecule has 0 rings (SSSR count). The molecule has 0 bridgehead atoms. The molecule has 0 aromatic rings. The molecule has 0 saturated carbocycles. The van der Waals surface area contributed by atoms with E-state index >= 15 is 0 Å². The summed E-state index contributed by atoms with van der Waals surface area (Å²) in [4.78, 5) is 27.0. The van der Waals surface area contributed by atoms with Crippen molar-refractivity contribution in [2.24, 2.45) is 0 Å². The second-order valence-corrected chi connectivity index (χ2v) is 5.32. The van der Waals surface area contributed by atoms with Gasteiger partial charge in [0.25, 0.3) is 0 Å². The van der Waals surface area contributed by atoms with Crippen molar-refractivity contribution >= 4 is 12.0 Å². The Morgan fingerprint density at radius 2 is 1.65 bits per heavy atom. The van der Waals surface area contributed by atoms with E-state index in [2.05, 4.69) is 13.8 Å². The first-order valence-electron chi connectivity index (χ1n) is 7.67. The fraction of sp³-hybridized carbons (Fsp3) is 0.867. The van der Waals surface area contributed by atoms with E-state index in [1.165, 1.54) is 0 Å². The molecule has 0 aromatic heterocycles. The van der Waals surface area contributed by atoms with Gasteiger partial charge < -0.3 is 14.9 Å². The largest absolute Gasteiger partial charge is 0.481 e. The Kier molecular flexibility index (Phi) is 9.01. The Balaban J connectivity index is 4.92. The van der Waals surface area contributed by atoms with Crippen LogP contribution in [-0.2, 0) is 4.79 Å². The minimum atomic E-state index is -0.868. The number of aliphatic carboxylic acids is 1. The monoisotopic (exact) mass is 286 g/mol. The lowest BCUT2D eigenvalue weighted by Crippen LogP contribution is -2.51. The molecule has 0 heterocycles. The summed E-state index contributed by atoms with van der Waals surface area (Å²) >= 11 is 0. The van der Waals surface area contributed by atoms with Gasteiger partial charge >= 0.3 is 12.0 Å². The normalized spacial score (nSPS) is 13.7. The molecule has 1 N–H and O–H groups in total. The van der Waals surface area contributed by atoms with Crippen LogP contribution in [0.3, 0.4) is 0 Å². The molecule has 2 amide bonds. The molecule has 5 heteroatoms. The summed E-state index contributed by atoms with van der Waals surface area (Å²) in [7, 11) is 0. The Morgan fingerprint density at radius 3 is 2.05 bits per heavy atom. The SMILES string of the molecule is CCCCN(C(=O)N(CC)C(C)CC(=O)O)C(C)CC. The number of carbonyl (C=O) groups is 2. The number of amides is 2. The van der Waals surface area contributed by atoms with Crippen molar-refractivity contribution in [3.63, 3.8) is 0 Å². The summed E-state index contributed by atoms with van der Waals surface area (Å²) in [5.41, 5.74) is 0. The van der Waals surface area contributed by atoms with Gasteiger partial charge in [-0.25, -0.2) is 4.79 Å². The van der Waals surface area contributed by atoms with E-state index in [0.717, 1.165) is 25.8 Å². The van der Waals surface area contributed by atoms with E-state index in [9.17, 15) is 9.59 Å². The highest BCUT2D eigenvalue weighted by Gasteiger charge is 2.27. The highest BCUT2D eigenvalue weighted by Crippen LogP contribution is 2.13. The molecular formula is C15H30N2O3. The highest BCUT2D eigenvalue weighted by atomic mass is 16.4. The van der Waals surface area contributed by atoms with Gasteiger partial charge in [-0.15, -0.1) is 0 Å². The third kappa shape index (κ3) is 5.80. The summed E-state index contributed by atoms with van der Waals surface area (Å²) in [6.45, 7) is 11.2. The van der Waals surface area contributed by atoms with Crippen LogP contribution in [0.5, 0.6) is 0 Å². The molecule has 2 unspecified atom stereocenters. The molecule has 0 aliphatic heterocycles. The highest BCUT2D eigenvalue weighted by molar-refractivity contribution is 5.76.